The molecule has 0 radical (unpaired) electrons. The van der Waals surface area contributed by atoms with E-state index >= 15 is 0 Å². The third-order valence-corrected chi connectivity index (χ3v) is 4.89. The van der Waals surface area contributed by atoms with E-state index in [2.05, 4.69) is 17.6 Å². The minimum atomic E-state index is -0.264. The van der Waals surface area contributed by atoms with E-state index in [0.29, 0.717) is 24.4 Å². The monoisotopic (exact) mass is 385 g/mol. The molecule has 0 unspecified atom stereocenters. The maximum absolute atomic E-state index is 12.2. The first-order valence-electron chi connectivity index (χ1n) is 9.29. The van der Waals surface area contributed by atoms with E-state index in [4.69, 9.17) is 11.6 Å². The van der Waals surface area contributed by atoms with E-state index < -0.39 is 0 Å². The van der Waals surface area contributed by atoms with Crippen LogP contribution in [0.1, 0.15) is 37.3 Å². The zero-order chi connectivity index (χ0) is 19.2. The Morgan fingerprint density at radius 3 is 2.67 bits per heavy atom. The fourth-order valence-electron chi connectivity index (χ4n) is 3.16. The van der Waals surface area contributed by atoms with Crippen LogP contribution in [-0.4, -0.2) is 18.5 Å². The fourth-order valence-corrected chi connectivity index (χ4v) is 3.28. The molecule has 0 aromatic heterocycles. The molecule has 0 fully saturated rings. The van der Waals surface area contributed by atoms with E-state index in [1.807, 2.05) is 35.2 Å². The van der Waals surface area contributed by atoms with Crippen LogP contribution in [0.4, 0.5) is 16.2 Å². The number of urea groups is 1. The molecule has 0 spiro atoms. The Hall–Kier alpha value is -2.53. The van der Waals surface area contributed by atoms with Crippen LogP contribution in [0.5, 0.6) is 0 Å². The highest BCUT2D eigenvalue weighted by Gasteiger charge is 2.23. The second-order valence-corrected chi connectivity index (χ2v) is 7.11. The van der Waals surface area contributed by atoms with Gasteiger partial charge in [-0.1, -0.05) is 37.1 Å². The van der Waals surface area contributed by atoms with Gasteiger partial charge >= 0.3 is 6.03 Å². The molecule has 142 valence electrons. The first-order chi connectivity index (χ1) is 13.1. The summed E-state index contributed by atoms with van der Waals surface area (Å²) in [5, 5.41) is 6.37. The smallest absolute Gasteiger partial charge is 0.319 e. The number of hydrogen-bond donors (Lipinski definition) is 2. The average Bonchev–Trinajstić information content (AvgIpc) is 2.67. The summed E-state index contributed by atoms with van der Waals surface area (Å²) in [6.07, 6.45) is 3.26. The average molecular weight is 386 g/mol. The minimum absolute atomic E-state index is 0.178. The number of benzene rings is 2. The summed E-state index contributed by atoms with van der Waals surface area (Å²) in [4.78, 5) is 26.2. The van der Waals surface area contributed by atoms with Crippen LogP contribution in [-0.2, 0) is 17.8 Å². The van der Waals surface area contributed by atoms with Crippen molar-refractivity contribution in [1.29, 1.82) is 0 Å². The molecule has 1 aliphatic heterocycles. The summed E-state index contributed by atoms with van der Waals surface area (Å²) in [7, 11) is 0. The molecule has 0 atom stereocenters. The standard InChI is InChI=1S/C21H24ClN3O2/c1-2-3-12-25-19-10-9-18(13-16(19)6-11-20(25)26)24-21(27)23-14-15-4-7-17(22)8-5-15/h4-5,7-10,13H,2-3,6,11-12,14H2,1H3,(H2,23,24,27). The maximum Gasteiger partial charge on any atom is 0.319 e. The Bertz CT molecular complexity index is 821. The summed E-state index contributed by atoms with van der Waals surface area (Å²) in [5.74, 6) is 0.178. The number of aryl methyl sites for hydroxylation is 1. The molecule has 1 aliphatic rings. The first kappa shape index (κ1) is 19.2. The fraction of sp³-hybridized carbons (Fsp3) is 0.333. The van der Waals surface area contributed by atoms with Gasteiger partial charge in [-0.15, -0.1) is 0 Å². The molecule has 6 heteroatoms. The molecule has 0 bridgehead atoms. The molecular formula is C21H24ClN3O2. The van der Waals surface area contributed by atoms with Crippen LogP contribution in [0.15, 0.2) is 42.5 Å². The number of halogens is 1. The van der Waals surface area contributed by atoms with Crippen molar-refractivity contribution in [3.63, 3.8) is 0 Å². The van der Waals surface area contributed by atoms with Crippen molar-refractivity contribution in [3.05, 3.63) is 58.6 Å². The highest BCUT2D eigenvalue weighted by Crippen LogP contribution is 2.30. The van der Waals surface area contributed by atoms with Crippen molar-refractivity contribution in [2.45, 2.75) is 39.2 Å². The molecule has 2 aromatic rings. The number of rotatable bonds is 6. The second kappa shape index (κ2) is 8.91. The Balaban J connectivity index is 1.61. The zero-order valence-corrected chi connectivity index (χ0v) is 16.2. The minimum Gasteiger partial charge on any atom is -0.334 e. The van der Waals surface area contributed by atoms with E-state index in [-0.39, 0.29) is 11.9 Å². The number of nitrogens with zero attached hydrogens (tertiary/aromatic N) is 1. The molecule has 0 saturated carbocycles. The molecule has 0 aliphatic carbocycles. The lowest BCUT2D eigenvalue weighted by Gasteiger charge is -2.29. The highest BCUT2D eigenvalue weighted by molar-refractivity contribution is 6.30. The van der Waals surface area contributed by atoms with Crippen LogP contribution in [0.3, 0.4) is 0 Å². The predicted octanol–water partition coefficient (Wildman–Crippen LogP) is 4.74. The molecule has 0 saturated heterocycles. The van der Waals surface area contributed by atoms with E-state index in [1.54, 1.807) is 12.1 Å². The molecule has 3 rings (SSSR count). The summed E-state index contributed by atoms with van der Waals surface area (Å²) >= 11 is 5.86. The first-order valence-corrected chi connectivity index (χ1v) is 9.67. The van der Waals surface area contributed by atoms with Gasteiger partial charge in [-0.25, -0.2) is 4.79 Å². The molecule has 27 heavy (non-hydrogen) atoms. The molecule has 2 aromatic carbocycles. The van der Waals surface area contributed by atoms with Gasteiger partial charge in [-0.2, -0.15) is 0 Å². The van der Waals surface area contributed by atoms with Crippen molar-refractivity contribution in [3.8, 4) is 0 Å². The van der Waals surface area contributed by atoms with Gasteiger partial charge in [0.15, 0.2) is 0 Å². The van der Waals surface area contributed by atoms with Crippen molar-refractivity contribution in [2.24, 2.45) is 0 Å². The number of fused-ring (bicyclic) bond motifs is 1. The quantitative estimate of drug-likeness (QED) is 0.754. The van der Waals surface area contributed by atoms with E-state index in [9.17, 15) is 9.59 Å². The Morgan fingerprint density at radius 1 is 1.15 bits per heavy atom. The van der Waals surface area contributed by atoms with Gasteiger partial charge in [0.05, 0.1) is 0 Å². The van der Waals surface area contributed by atoms with Crippen LogP contribution in [0, 0.1) is 0 Å². The van der Waals surface area contributed by atoms with Crippen molar-refractivity contribution in [2.75, 3.05) is 16.8 Å². The summed E-state index contributed by atoms with van der Waals surface area (Å²) in [6, 6.07) is 12.8. The van der Waals surface area contributed by atoms with Gasteiger partial charge < -0.3 is 15.5 Å². The van der Waals surface area contributed by atoms with Gasteiger partial charge in [0.2, 0.25) is 5.91 Å². The maximum atomic E-state index is 12.2. The topological polar surface area (TPSA) is 61.4 Å². The van der Waals surface area contributed by atoms with Crippen molar-refractivity contribution < 1.29 is 9.59 Å². The Kier molecular flexibility index (Phi) is 6.35. The van der Waals surface area contributed by atoms with Crippen molar-refractivity contribution in [1.82, 2.24) is 5.32 Å². The third-order valence-electron chi connectivity index (χ3n) is 4.64. The lowest BCUT2D eigenvalue weighted by molar-refractivity contribution is -0.118. The van der Waals surface area contributed by atoms with Crippen LogP contribution < -0.4 is 15.5 Å². The number of nitrogens with one attached hydrogen (secondary N) is 2. The number of amides is 3. The van der Waals surface area contributed by atoms with Gasteiger partial charge in [-0.3, -0.25) is 4.79 Å². The predicted molar refractivity (Wildman–Crippen MR) is 109 cm³/mol. The summed E-state index contributed by atoms with van der Waals surface area (Å²) in [5.41, 5.74) is 3.77. The molecular weight excluding hydrogens is 362 g/mol. The number of hydrogen-bond acceptors (Lipinski definition) is 2. The van der Waals surface area contributed by atoms with Gasteiger partial charge in [0.25, 0.3) is 0 Å². The summed E-state index contributed by atoms with van der Waals surface area (Å²) < 4.78 is 0. The zero-order valence-electron chi connectivity index (χ0n) is 15.4. The van der Waals surface area contributed by atoms with Gasteiger partial charge in [0, 0.05) is 35.9 Å². The lowest BCUT2D eigenvalue weighted by atomic mass is 10.00. The van der Waals surface area contributed by atoms with Crippen LogP contribution in [0.25, 0.3) is 0 Å². The molecule has 1 heterocycles. The largest absolute Gasteiger partial charge is 0.334 e. The van der Waals surface area contributed by atoms with Crippen LogP contribution >= 0.6 is 11.6 Å². The van der Waals surface area contributed by atoms with Gasteiger partial charge in [0.1, 0.15) is 0 Å². The molecule has 3 amide bonds. The normalized spacial score (nSPS) is 13.3. The SMILES string of the molecule is CCCCN1C(=O)CCc2cc(NC(=O)NCc3ccc(Cl)cc3)ccc21. The van der Waals surface area contributed by atoms with E-state index in [0.717, 1.165) is 41.9 Å². The van der Waals surface area contributed by atoms with Crippen LogP contribution in [0.2, 0.25) is 5.02 Å². The molecule has 5 nitrogen and oxygen atoms in total. The number of carbonyl (C=O) groups is 2. The van der Waals surface area contributed by atoms with Gasteiger partial charge in [-0.05, 0) is 54.3 Å². The second-order valence-electron chi connectivity index (χ2n) is 6.68. The number of anilines is 2. The highest BCUT2D eigenvalue weighted by atomic mass is 35.5. The Labute approximate surface area is 164 Å². The third kappa shape index (κ3) is 5.01. The summed E-state index contributed by atoms with van der Waals surface area (Å²) in [6.45, 7) is 3.29. The number of unbranched alkanes of at least 4 members (excludes halogenated alkanes) is 1. The Morgan fingerprint density at radius 2 is 1.93 bits per heavy atom. The van der Waals surface area contributed by atoms with E-state index in [1.165, 1.54) is 0 Å². The molecule has 2 N–H and O–H groups in total. The number of carbonyl (C=O) groups excluding carboxylic acids is 2. The lowest BCUT2D eigenvalue weighted by Crippen LogP contribution is -2.36. The van der Waals surface area contributed by atoms with Crippen molar-refractivity contribution >= 4 is 34.9 Å².